The van der Waals surface area contributed by atoms with Gasteiger partial charge in [-0.3, -0.25) is 9.55 Å². The van der Waals surface area contributed by atoms with Crippen molar-refractivity contribution in [2.75, 3.05) is 17.6 Å². The number of anilines is 2. The Balaban J connectivity index is 1.95. The van der Waals surface area contributed by atoms with Gasteiger partial charge in [0.2, 0.25) is 5.95 Å². The summed E-state index contributed by atoms with van der Waals surface area (Å²) in [6.45, 7) is 5.28. The molecule has 3 aromatic rings. The second-order valence-electron chi connectivity index (χ2n) is 5.94. The van der Waals surface area contributed by atoms with Crippen molar-refractivity contribution in [3.63, 3.8) is 0 Å². The Morgan fingerprint density at radius 2 is 2.12 bits per heavy atom. The van der Waals surface area contributed by atoms with E-state index in [2.05, 4.69) is 39.1 Å². The minimum absolute atomic E-state index is 0.258. The number of hydrogen-bond acceptors (Lipinski definition) is 6. The lowest BCUT2D eigenvalue weighted by molar-refractivity contribution is 0.754. The first-order valence-electron chi connectivity index (χ1n) is 8.56. The first-order chi connectivity index (χ1) is 12.1. The fourth-order valence-electron chi connectivity index (χ4n) is 2.57. The van der Waals surface area contributed by atoms with Crippen LogP contribution in [0.15, 0.2) is 23.1 Å². The van der Waals surface area contributed by atoms with Crippen molar-refractivity contribution in [1.82, 2.24) is 24.5 Å². The number of nitrogens with zero attached hydrogens (tertiary/aromatic N) is 4. The van der Waals surface area contributed by atoms with Gasteiger partial charge in [0, 0.05) is 12.7 Å². The summed E-state index contributed by atoms with van der Waals surface area (Å²) in [5, 5.41) is 3.15. The maximum absolute atomic E-state index is 12.3. The highest BCUT2D eigenvalue weighted by Gasteiger charge is 2.14. The third-order valence-corrected chi connectivity index (χ3v) is 4.08. The van der Waals surface area contributed by atoms with Gasteiger partial charge < -0.3 is 16.0 Å². The Labute approximate surface area is 145 Å². The maximum atomic E-state index is 12.3. The van der Waals surface area contributed by atoms with Gasteiger partial charge in [-0.15, -0.1) is 0 Å². The summed E-state index contributed by atoms with van der Waals surface area (Å²) in [5.74, 6) is 0.689. The van der Waals surface area contributed by atoms with Gasteiger partial charge >= 0.3 is 5.69 Å². The fraction of sp³-hybridized carbons (Fsp3) is 0.412. The van der Waals surface area contributed by atoms with E-state index in [1.165, 1.54) is 4.57 Å². The van der Waals surface area contributed by atoms with E-state index in [4.69, 9.17) is 5.73 Å². The molecule has 0 fully saturated rings. The van der Waals surface area contributed by atoms with Crippen molar-refractivity contribution >= 4 is 22.9 Å². The second-order valence-corrected chi connectivity index (χ2v) is 5.94. The number of unbranched alkanes of at least 4 members (excludes halogenated alkanes) is 1. The zero-order valence-corrected chi connectivity index (χ0v) is 14.5. The van der Waals surface area contributed by atoms with Crippen molar-refractivity contribution in [2.45, 2.75) is 39.7 Å². The van der Waals surface area contributed by atoms with Gasteiger partial charge in [0.05, 0.1) is 12.2 Å². The third-order valence-electron chi connectivity index (χ3n) is 4.08. The maximum Gasteiger partial charge on any atom is 0.328 e. The molecule has 0 saturated heterocycles. The van der Waals surface area contributed by atoms with Gasteiger partial charge in [0.15, 0.2) is 11.5 Å². The van der Waals surface area contributed by atoms with E-state index in [1.807, 2.05) is 18.3 Å². The summed E-state index contributed by atoms with van der Waals surface area (Å²) in [6, 6.07) is 3.94. The molecule has 0 spiro atoms. The summed E-state index contributed by atoms with van der Waals surface area (Å²) >= 11 is 0. The summed E-state index contributed by atoms with van der Waals surface area (Å²) in [7, 11) is 0. The lowest BCUT2D eigenvalue weighted by Gasteiger charge is -2.07. The number of aromatic amines is 1. The molecule has 0 saturated carbocycles. The Bertz CT molecular complexity index is 911. The van der Waals surface area contributed by atoms with Crippen LogP contribution < -0.4 is 16.7 Å². The summed E-state index contributed by atoms with van der Waals surface area (Å²) in [5.41, 5.74) is 8.59. The van der Waals surface area contributed by atoms with Crippen LogP contribution in [0.4, 0.5) is 11.8 Å². The number of imidazole rings is 1. The number of aryl methyl sites for hydroxylation is 1. The zero-order chi connectivity index (χ0) is 17.8. The van der Waals surface area contributed by atoms with Crippen LogP contribution in [-0.4, -0.2) is 31.0 Å². The molecule has 3 heterocycles. The third kappa shape index (κ3) is 3.62. The van der Waals surface area contributed by atoms with Gasteiger partial charge in [-0.25, -0.2) is 4.79 Å². The Kier molecular flexibility index (Phi) is 4.97. The van der Waals surface area contributed by atoms with Crippen molar-refractivity contribution in [3.8, 4) is 0 Å². The second kappa shape index (κ2) is 7.33. The molecule has 0 aromatic carbocycles. The molecule has 132 valence electrons. The van der Waals surface area contributed by atoms with E-state index >= 15 is 0 Å². The molecule has 3 rings (SSSR count). The molecule has 0 atom stereocenters. The smallest absolute Gasteiger partial charge is 0.328 e. The quantitative estimate of drug-likeness (QED) is 0.566. The number of hydrogen-bond donors (Lipinski definition) is 3. The molecule has 25 heavy (non-hydrogen) atoms. The number of rotatable bonds is 7. The number of nitrogens with one attached hydrogen (secondary N) is 2. The summed E-state index contributed by atoms with van der Waals surface area (Å²) < 4.78 is 1.53. The Hall–Kier alpha value is -2.90. The first-order valence-corrected chi connectivity index (χ1v) is 8.56. The molecular formula is C17H23N7O. The van der Waals surface area contributed by atoms with Gasteiger partial charge in [0.1, 0.15) is 5.52 Å². The molecule has 8 heteroatoms. The van der Waals surface area contributed by atoms with Crippen LogP contribution in [0.3, 0.4) is 0 Å². The van der Waals surface area contributed by atoms with Crippen LogP contribution in [0, 0.1) is 0 Å². The summed E-state index contributed by atoms with van der Waals surface area (Å²) in [4.78, 5) is 28.1. The molecule has 3 aromatic heterocycles. The van der Waals surface area contributed by atoms with Gasteiger partial charge in [-0.1, -0.05) is 26.3 Å². The van der Waals surface area contributed by atoms with Crippen molar-refractivity contribution in [3.05, 3.63) is 40.1 Å². The highest BCUT2D eigenvalue weighted by molar-refractivity contribution is 5.82. The van der Waals surface area contributed by atoms with Crippen molar-refractivity contribution in [2.24, 2.45) is 0 Å². The first kappa shape index (κ1) is 16.9. The zero-order valence-electron chi connectivity index (χ0n) is 14.5. The standard InChI is InChI=1S/C17H23N7O/c1-3-5-8-19-16-22-14(18)13-15(23-16)24(17(25)21-13)10-12-7-6-11(4-2)9-20-12/h6-7,9H,3-5,8,10H2,1-2H3,(H,21,25)(H3,18,19,22,23). The van der Waals surface area contributed by atoms with Crippen LogP contribution in [-0.2, 0) is 13.0 Å². The Morgan fingerprint density at radius 3 is 2.80 bits per heavy atom. The van der Waals surface area contributed by atoms with Gasteiger partial charge in [0.25, 0.3) is 0 Å². The van der Waals surface area contributed by atoms with Crippen LogP contribution in [0.25, 0.3) is 11.2 Å². The van der Waals surface area contributed by atoms with Crippen molar-refractivity contribution in [1.29, 1.82) is 0 Å². The Morgan fingerprint density at radius 1 is 1.28 bits per heavy atom. The van der Waals surface area contributed by atoms with E-state index in [9.17, 15) is 4.79 Å². The highest BCUT2D eigenvalue weighted by atomic mass is 16.1. The predicted octanol–water partition coefficient (Wildman–Crippen LogP) is 1.92. The summed E-state index contributed by atoms with van der Waals surface area (Å²) in [6.07, 6.45) is 4.83. The molecule has 0 amide bonds. The van der Waals surface area contributed by atoms with Crippen LogP contribution in [0.2, 0.25) is 0 Å². The van der Waals surface area contributed by atoms with Crippen LogP contribution in [0.1, 0.15) is 37.9 Å². The molecule has 0 unspecified atom stereocenters. The van der Waals surface area contributed by atoms with E-state index in [-0.39, 0.29) is 11.5 Å². The minimum Gasteiger partial charge on any atom is -0.382 e. The minimum atomic E-state index is -0.275. The molecule has 0 bridgehead atoms. The van der Waals surface area contributed by atoms with E-state index < -0.39 is 0 Å². The average Bonchev–Trinajstić information content (AvgIpc) is 2.93. The molecular weight excluding hydrogens is 318 g/mol. The van der Waals surface area contributed by atoms with Crippen molar-refractivity contribution < 1.29 is 0 Å². The van der Waals surface area contributed by atoms with Crippen LogP contribution >= 0.6 is 0 Å². The topological polar surface area (TPSA) is 115 Å². The van der Waals surface area contributed by atoms with E-state index in [0.717, 1.165) is 37.1 Å². The number of nitrogens with two attached hydrogens (primary N) is 1. The fourth-order valence-corrected chi connectivity index (χ4v) is 2.57. The number of H-pyrrole nitrogens is 1. The van der Waals surface area contributed by atoms with Crippen LogP contribution in [0.5, 0.6) is 0 Å². The SMILES string of the molecule is CCCCNc1nc(N)c2[nH]c(=O)n(Cc3ccc(CC)cn3)c2n1. The lowest BCUT2D eigenvalue weighted by atomic mass is 10.2. The highest BCUT2D eigenvalue weighted by Crippen LogP contribution is 2.17. The molecule has 0 aliphatic carbocycles. The average molecular weight is 341 g/mol. The van der Waals surface area contributed by atoms with Gasteiger partial charge in [-0.05, 0) is 24.5 Å². The number of nitrogen functional groups attached to an aromatic ring is 1. The molecule has 4 N–H and O–H groups in total. The number of pyridine rings is 1. The molecule has 8 nitrogen and oxygen atoms in total. The largest absolute Gasteiger partial charge is 0.382 e. The van der Waals surface area contributed by atoms with E-state index in [1.54, 1.807) is 0 Å². The lowest BCUT2D eigenvalue weighted by Crippen LogP contribution is -2.18. The molecule has 0 aliphatic rings. The number of fused-ring (bicyclic) bond motifs is 1. The normalized spacial score (nSPS) is 11.1. The van der Waals surface area contributed by atoms with Gasteiger partial charge in [-0.2, -0.15) is 9.97 Å². The number of aromatic nitrogens is 5. The predicted molar refractivity (Wildman–Crippen MR) is 98.7 cm³/mol. The molecule has 0 aliphatic heterocycles. The monoisotopic (exact) mass is 341 g/mol. The molecule has 0 radical (unpaired) electrons. The van der Waals surface area contributed by atoms with E-state index in [0.29, 0.717) is 23.7 Å².